The van der Waals surface area contributed by atoms with E-state index < -0.39 is 10.8 Å². The molecular weight excluding hydrogens is 210 g/mol. The minimum Gasteiger partial charge on any atom is -0.313 e. The second-order valence-corrected chi connectivity index (χ2v) is 5.15. The van der Waals surface area contributed by atoms with Gasteiger partial charge in [-0.25, -0.2) is 4.98 Å². The molecule has 2 heterocycles. The lowest BCUT2D eigenvalue weighted by Gasteiger charge is -2.22. The van der Waals surface area contributed by atoms with Gasteiger partial charge in [-0.2, -0.15) is 0 Å². The molecule has 5 heteroatoms. The third-order valence-corrected chi connectivity index (χ3v) is 3.92. The van der Waals surface area contributed by atoms with Crippen LogP contribution < -0.4 is 5.32 Å². The molecule has 0 bridgehead atoms. The molecular formula is C10H15N3OS. The smallest absolute Gasteiger partial charge is 0.145 e. The van der Waals surface area contributed by atoms with E-state index in [1.165, 1.54) is 12.8 Å². The first-order valence-corrected chi connectivity index (χ1v) is 6.56. The molecule has 0 radical (unpaired) electrons. The predicted octanol–water partition coefficient (Wildman–Crippen LogP) is 0.726. The summed E-state index contributed by atoms with van der Waals surface area (Å²) in [5.74, 6) is 0.651. The minimum absolute atomic E-state index is 0.376. The third kappa shape index (κ3) is 3.07. The maximum Gasteiger partial charge on any atom is 0.145 e. The second-order valence-electron chi connectivity index (χ2n) is 3.70. The lowest BCUT2D eigenvalue weighted by Crippen LogP contribution is -2.38. The van der Waals surface area contributed by atoms with Crippen molar-refractivity contribution in [2.75, 3.05) is 12.3 Å². The van der Waals surface area contributed by atoms with Crippen LogP contribution >= 0.6 is 0 Å². The fourth-order valence-corrected chi connectivity index (χ4v) is 2.91. The summed E-state index contributed by atoms with van der Waals surface area (Å²) in [6.07, 6.45) is 8.34. The lowest BCUT2D eigenvalue weighted by molar-refractivity contribution is 0.427. The molecule has 4 nitrogen and oxygen atoms in total. The molecule has 1 aromatic heterocycles. The molecule has 0 aromatic carbocycles. The van der Waals surface area contributed by atoms with E-state index in [0.29, 0.717) is 16.8 Å². The van der Waals surface area contributed by atoms with E-state index in [2.05, 4.69) is 15.3 Å². The van der Waals surface area contributed by atoms with Gasteiger partial charge < -0.3 is 5.32 Å². The molecule has 1 fully saturated rings. The summed E-state index contributed by atoms with van der Waals surface area (Å²) >= 11 is 0. The fraction of sp³-hybridized carbons (Fsp3) is 0.600. The van der Waals surface area contributed by atoms with Crippen LogP contribution in [0.25, 0.3) is 0 Å². The topological polar surface area (TPSA) is 54.9 Å². The Morgan fingerprint density at radius 3 is 3.07 bits per heavy atom. The van der Waals surface area contributed by atoms with Gasteiger partial charge in [-0.1, -0.05) is 6.42 Å². The zero-order valence-electron chi connectivity index (χ0n) is 8.56. The fourth-order valence-electron chi connectivity index (χ4n) is 1.74. The lowest BCUT2D eigenvalue weighted by atomic mass is 10.1. The number of hydrogen-bond acceptors (Lipinski definition) is 4. The number of piperidine rings is 1. The molecule has 1 aliphatic rings. The van der Waals surface area contributed by atoms with E-state index in [1.54, 1.807) is 18.6 Å². The maximum atomic E-state index is 11.9. The molecule has 2 rings (SSSR count). The van der Waals surface area contributed by atoms with Gasteiger partial charge in [0, 0.05) is 24.2 Å². The summed E-state index contributed by atoms with van der Waals surface area (Å²) in [5.41, 5.74) is 0. The quantitative estimate of drug-likeness (QED) is 0.824. The van der Waals surface area contributed by atoms with Crippen molar-refractivity contribution in [3.8, 4) is 0 Å². The van der Waals surface area contributed by atoms with Gasteiger partial charge in [0.1, 0.15) is 5.03 Å². The Bertz CT molecular complexity index is 325. The van der Waals surface area contributed by atoms with Crippen LogP contribution in [0.2, 0.25) is 0 Å². The highest BCUT2D eigenvalue weighted by Crippen LogP contribution is 2.10. The van der Waals surface area contributed by atoms with Crippen LogP contribution in [0.4, 0.5) is 0 Å². The molecule has 1 N–H and O–H groups in total. The van der Waals surface area contributed by atoms with Crippen LogP contribution in [0.1, 0.15) is 19.3 Å². The molecule has 1 aromatic rings. The van der Waals surface area contributed by atoms with E-state index in [-0.39, 0.29) is 0 Å². The number of nitrogens with one attached hydrogen (secondary N) is 1. The van der Waals surface area contributed by atoms with Crippen molar-refractivity contribution in [1.82, 2.24) is 15.3 Å². The van der Waals surface area contributed by atoms with Crippen LogP contribution in [0.15, 0.2) is 23.6 Å². The Labute approximate surface area is 92.0 Å². The molecule has 1 aliphatic heterocycles. The highest BCUT2D eigenvalue weighted by Gasteiger charge is 2.16. The molecule has 0 amide bonds. The molecule has 1 saturated heterocycles. The van der Waals surface area contributed by atoms with Crippen LogP contribution in [0.5, 0.6) is 0 Å². The molecule has 15 heavy (non-hydrogen) atoms. The summed E-state index contributed by atoms with van der Waals surface area (Å²) in [7, 11) is -1.02. The summed E-state index contributed by atoms with van der Waals surface area (Å²) in [6.45, 7) is 1.04. The average molecular weight is 225 g/mol. The predicted molar refractivity (Wildman–Crippen MR) is 58.9 cm³/mol. The van der Waals surface area contributed by atoms with Crippen LogP contribution in [0.3, 0.4) is 0 Å². The summed E-state index contributed by atoms with van der Waals surface area (Å²) in [6, 6.07) is 0.376. The van der Waals surface area contributed by atoms with E-state index in [9.17, 15) is 4.21 Å². The van der Waals surface area contributed by atoms with Crippen LogP contribution in [-0.4, -0.2) is 32.5 Å². The van der Waals surface area contributed by atoms with Gasteiger partial charge in [0.2, 0.25) is 0 Å². The van der Waals surface area contributed by atoms with Gasteiger partial charge in [-0.3, -0.25) is 9.19 Å². The van der Waals surface area contributed by atoms with Gasteiger partial charge in [-0.15, -0.1) is 0 Å². The van der Waals surface area contributed by atoms with E-state index in [0.717, 1.165) is 13.0 Å². The molecule has 0 saturated carbocycles. The second kappa shape index (κ2) is 5.32. The van der Waals surface area contributed by atoms with Crippen molar-refractivity contribution in [3.63, 3.8) is 0 Å². The zero-order chi connectivity index (χ0) is 10.5. The van der Waals surface area contributed by atoms with Gasteiger partial charge in [0.05, 0.1) is 17.0 Å². The summed E-state index contributed by atoms with van der Waals surface area (Å²) in [4.78, 5) is 7.98. The van der Waals surface area contributed by atoms with Gasteiger partial charge in [0.25, 0.3) is 0 Å². The Hall–Kier alpha value is -0.810. The number of nitrogens with zero attached hydrogens (tertiary/aromatic N) is 2. The van der Waals surface area contributed by atoms with Gasteiger partial charge in [0.15, 0.2) is 0 Å². The van der Waals surface area contributed by atoms with Crippen molar-refractivity contribution >= 4 is 10.8 Å². The summed E-state index contributed by atoms with van der Waals surface area (Å²) < 4.78 is 11.9. The molecule has 82 valence electrons. The number of hydrogen-bond donors (Lipinski definition) is 1. The Balaban J connectivity index is 1.91. The van der Waals surface area contributed by atoms with Crippen molar-refractivity contribution in [2.24, 2.45) is 0 Å². The Morgan fingerprint density at radius 2 is 2.40 bits per heavy atom. The summed E-state index contributed by atoms with van der Waals surface area (Å²) in [5, 5.41) is 3.97. The van der Waals surface area contributed by atoms with Crippen LogP contribution in [-0.2, 0) is 10.8 Å². The Kier molecular flexibility index (Phi) is 3.80. The Morgan fingerprint density at radius 1 is 1.47 bits per heavy atom. The average Bonchev–Trinajstić information content (AvgIpc) is 2.31. The maximum absolute atomic E-state index is 11.9. The van der Waals surface area contributed by atoms with Crippen molar-refractivity contribution < 1.29 is 4.21 Å². The first kappa shape index (κ1) is 10.7. The van der Waals surface area contributed by atoms with Crippen molar-refractivity contribution in [2.45, 2.75) is 30.3 Å². The van der Waals surface area contributed by atoms with Gasteiger partial charge in [-0.05, 0) is 19.4 Å². The largest absolute Gasteiger partial charge is 0.313 e. The van der Waals surface area contributed by atoms with Crippen molar-refractivity contribution in [3.05, 3.63) is 18.6 Å². The highest BCUT2D eigenvalue weighted by molar-refractivity contribution is 7.85. The van der Waals surface area contributed by atoms with E-state index in [1.807, 2.05) is 0 Å². The van der Waals surface area contributed by atoms with Gasteiger partial charge >= 0.3 is 0 Å². The normalized spacial score (nSPS) is 23.6. The number of rotatable bonds is 3. The standard InChI is InChI=1S/C10H15N3OS/c14-15(10-7-11-5-6-13-10)8-9-3-1-2-4-12-9/h5-7,9,12H,1-4,8H2. The first-order valence-electron chi connectivity index (χ1n) is 5.24. The zero-order valence-corrected chi connectivity index (χ0v) is 9.37. The van der Waals surface area contributed by atoms with E-state index >= 15 is 0 Å². The highest BCUT2D eigenvalue weighted by atomic mass is 32.2. The molecule has 2 atom stereocenters. The monoisotopic (exact) mass is 225 g/mol. The van der Waals surface area contributed by atoms with E-state index in [4.69, 9.17) is 0 Å². The number of aromatic nitrogens is 2. The molecule has 0 aliphatic carbocycles. The SMILES string of the molecule is O=S(CC1CCCCN1)c1cnccn1. The van der Waals surface area contributed by atoms with Crippen LogP contribution in [0, 0.1) is 0 Å². The first-order chi connectivity index (χ1) is 7.36. The molecule has 2 unspecified atom stereocenters. The van der Waals surface area contributed by atoms with Crippen molar-refractivity contribution in [1.29, 1.82) is 0 Å². The minimum atomic E-state index is -1.02. The molecule has 0 spiro atoms. The third-order valence-electron chi connectivity index (χ3n) is 2.54.